The lowest BCUT2D eigenvalue weighted by Crippen LogP contribution is -2.40. The molecular formula is C22H26N2O7S. The maximum atomic E-state index is 12.8. The minimum Gasteiger partial charge on any atom is -0.491 e. The Morgan fingerprint density at radius 2 is 1.78 bits per heavy atom. The molecule has 2 aromatic carbocycles. The Balaban J connectivity index is 1.56. The number of amides is 1. The summed E-state index contributed by atoms with van der Waals surface area (Å²) in [5.74, 6) is -0.611. The van der Waals surface area contributed by atoms with Crippen LogP contribution in [0.2, 0.25) is 0 Å². The lowest BCUT2D eigenvalue weighted by atomic mass is 10.2. The number of esters is 1. The van der Waals surface area contributed by atoms with Gasteiger partial charge in [0.1, 0.15) is 5.75 Å². The van der Waals surface area contributed by atoms with E-state index < -0.39 is 28.5 Å². The number of sulfonamides is 1. The zero-order valence-electron chi connectivity index (χ0n) is 17.9. The Kier molecular flexibility index (Phi) is 7.84. The normalized spacial score (nSPS) is 14.7. The number of morpholine rings is 1. The second-order valence-corrected chi connectivity index (χ2v) is 9.30. The highest BCUT2D eigenvalue weighted by atomic mass is 32.2. The summed E-state index contributed by atoms with van der Waals surface area (Å²) in [5.41, 5.74) is 0.572. The molecule has 3 rings (SSSR count). The van der Waals surface area contributed by atoms with Crippen molar-refractivity contribution >= 4 is 27.6 Å². The van der Waals surface area contributed by atoms with Gasteiger partial charge in [-0.25, -0.2) is 13.2 Å². The van der Waals surface area contributed by atoms with Crippen LogP contribution in [0.3, 0.4) is 0 Å². The van der Waals surface area contributed by atoms with Gasteiger partial charge in [-0.3, -0.25) is 4.79 Å². The summed E-state index contributed by atoms with van der Waals surface area (Å²) >= 11 is 0. The van der Waals surface area contributed by atoms with Crippen molar-refractivity contribution in [2.24, 2.45) is 0 Å². The number of nitrogens with one attached hydrogen (secondary N) is 1. The van der Waals surface area contributed by atoms with Gasteiger partial charge in [-0.1, -0.05) is 6.07 Å². The summed E-state index contributed by atoms with van der Waals surface area (Å²) < 4.78 is 42.6. The lowest BCUT2D eigenvalue weighted by Gasteiger charge is -2.26. The van der Waals surface area contributed by atoms with Gasteiger partial charge >= 0.3 is 5.97 Å². The first-order valence-corrected chi connectivity index (χ1v) is 11.6. The molecule has 10 heteroatoms. The van der Waals surface area contributed by atoms with Gasteiger partial charge in [-0.2, -0.15) is 4.31 Å². The molecule has 1 aliphatic rings. The summed E-state index contributed by atoms with van der Waals surface area (Å²) in [4.78, 5) is 24.4. The van der Waals surface area contributed by atoms with Gasteiger partial charge in [0.2, 0.25) is 10.0 Å². The number of benzene rings is 2. The van der Waals surface area contributed by atoms with Crippen molar-refractivity contribution in [3.05, 3.63) is 54.1 Å². The lowest BCUT2D eigenvalue weighted by molar-refractivity contribution is -0.119. The maximum absolute atomic E-state index is 12.8. The van der Waals surface area contributed by atoms with Crippen LogP contribution in [0.1, 0.15) is 24.2 Å². The Hall–Kier alpha value is -2.95. The second-order valence-electron chi connectivity index (χ2n) is 7.36. The molecule has 0 aromatic heterocycles. The first-order chi connectivity index (χ1) is 15.3. The Morgan fingerprint density at radius 1 is 1.09 bits per heavy atom. The zero-order chi connectivity index (χ0) is 23.1. The molecule has 9 nitrogen and oxygen atoms in total. The fraction of sp³-hybridized carbons (Fsp3) is 0.364. The highest BCUT2D eigenvalue weighted by molar-refractivity contribution is 7.89. The predicted octanol–water partition coefficient (Wildman–Crippen LogP) is 2.29. The van der Waals surface area contributed by atoms with E-state index in [1.54, 1.807) is 30.3 Å². The van der Waals surface area contributed by atoms with Crippen LogP contribution in [-0.2, 0) is 24.3 Å². The molecule has 1 saturated heterocycles. The second kappa shape index (κ2) is 10.6. The number of hydrogen-bond donors (Lipinski definition) is 1. The number of anilines is 1. The molecule has 1 aliphatic heterocycles. The summed E-state index contributed by atoms with van der Waals surface area (Å²) in [6, 6.07) is 12.3. The molecule has 32 heavy (non-hydrogen) atoms. The largest absolute Gasteiger partial charge is 0.491 e. The van der Waals surface area contributed by atoms with Crippen LogP contribution in [0.25, 0.3) is 0 Å². The van der Waals surface area contributed by atoms with Crippen LogP contribution < -0.4 is 10.1 Å². The number of ether oxygens (including phenoxy) is 3. The third-order valence-corrected chi connectivity index (χ3v) is 6.42. The third-order valence-electron chi connectivity index (χ3n) is 4.52. The highest BCUT2D eigenvalue weighted by Gasteiger charge is 2.26. The number of hydrogen-bond acceptors (Lipinski definition) is 7. The molecule has 0 spiro atoms. The van der Waals surface area contributed by atoms with E-state index in [0.29, 0.717) is 19.0 Å². The minimum absolute atomic E-state index is 0.0128. The number of carbonyl (C=O) groups is 2. The summed E-state index contributed by atoms with van der Waals surface area (Å²) in [6.45, 7) is 4.52. The van der Waals surface area contributed by atoms with Crippen molar-refractivity contribution in [2.75, 3.05) is 38.2 Å². The molecule has 2 aromatic rings. The maximum Gasteiger partial charge on any atom is 0.338 e. The van der Waals surface area contributed by atoms with E-state index in [1.165, 1.54) is 22.5 Å². The fourth-order valence-electron chi connectivity index (χ4n) is 3.02. The summed E-state index contributed by atoms with van der Waals surface area (Å²) in [5, 5.41) is 2.55. The number of nitrogens with zero attached hydrogens (tertiary/aromatic N) is 1. The molecule has 0 radical (unpaired) electrons. The van der Waals surface area contributed by atoms with Gasteiger partial charge in [0, 0.05) is 18.8 Å². The highest BCUT2D eigenvalue weighted by Crippen LogP contribution is 2.20. The Labute approximate surface area is 187 Å². The molecule has 0 atom stereocenters. The Bertz CT molecular complexity index is 1050. The molecule has 0 bridgehead atoms. The quantitative estimate of drug-likeness (QED) is 0.599. The molecule has 0 unspecified atom stereocenters. The zero-order valence-corrected chi connectivity index (χ0v) is 18.8. The van der Waals surface area contributed by atoms with Gasteiger partial charge in [0.15, 0.2) is 6.61 Å². The van der Waals surface area contributed by atoms with E-state index in [2.05, 4.69) is 5.32 Å². The number of carbonyl (C=O) groups excluding carboxylic acids is 2. The molecule has 172 valence electrons. The van der Waals surface area contributed by atoms with Crippen molar-refractivity contribution in [3.63, 3.8) is 0 Å². The predicted molar refractivity (Wildman–Crippen MR) is 117 cm³/mol. The van der Waals surface area contributed by atoms with Crippen LogP contribution in [0, 0.1) is 0 Å². The van der Waals surface area contributed by atoms with Crippen molar-refractivity contribution in [1.29, 1.82) is 0 Å². The molecule has 1 fully saturated rings. The van der Waals surface area contributed by atoms with Gasteiger partial charge < -0.3 is 19.5 Å². The smallest absolute Gasteiger partial charge is 0.338 e. The van der Waals surface area contributed by atoms with Gasteiger partial charge in [-0.05, 0) is 56.3 Å². The standard InChI is InChI=1S/C22H26N2O7S/c1-16(2)31-19-8-6-17(7-9-19)22(26)30-15-21(25)23-18-4-3-5-20(14-18)32(27,28)24-10-12-29-13-11-24/h3-9,14,16H,10-13,15H2,1-2H3,(H,23,25). The average Bonchev–Trinajstić information content (AvgIpc) is 2.78. The minimum atomic E-state index is -3.69. The SMILES string of the molecule is CC(C)Oc1ccc(C(=O)OCC(=O)Nc2cccc(S(=O)(=O)N3CCOCC3)c2)cc1. The van der Waals surface area contributed by atoms with E-state index in [1.807, 2.05) is 13.8 Å². The van der Waals surface area contributed by atoms with E-state index in [-0.39, 0.29) is 35.3 Å². The summed E-state index contributed by atoms with van der Waals surface area (Å²) in [7, 11) is -3.69. The van der Waals surface area contributed by atoms with E-state index >= 15 is 0 Å². The van der Waals surface area contributed by atoms with Crippen LogP contribution in [0.5, 0.6) is 5.75 Å². The monoisotopic (exact) mass is 462 g/mol. The van der Waals surface area contributed by atoms with Crippen molar-refractivity contribution in [3.8, 4) is 5.75 Å². The molecule has 0 saturated carbocycles. The molecular weight excluding hydrogens is 436 g/mol. The Morgan fingerprint density at radius 3 is 2.44 bits per heavy atom. The van der Waals surface area contributed by atoms with E-state index in [4.69, 9.17) is 14.2 Å². The topological polar surface area (TPSA) is 111 Å². The number of rotatable bonds is 8. The molecule has 1 heterocycles. The van der Waals surface area contributed by atoms with Gasteiger partial charge in [0.05, 0.1) is 29.8 Å². The fourth-order valence-corrected chi connectivity index (χ4v) is 4.48. The van der Waals surface area contributed by atoms with E-state index in [9.17, 15) is 18.0 Å². The van der Waals surface area contributed by atoms with Crippen molar-refractivity contribution < 1.29 is 32.2 Å². The van der Waals surface area contributed by atoms with Crippen LogP contribution >= 0.6 is 0 Å². The molecule has 0 aliphatic carbocycles. The van der Waals surface area contributed by atoms with Crippen LogP contribution in [0.4, 0.5) is 5.69 Å². The van der Waals surface area contributed by atoms with Gasteiger partial charge in [0.25, 0.3) is 5.91 Å². The first-order valence-electron chi connectivity index (χ1n) is 10.2. The average molecular weight is 463 g/mol. The molecule has 1 amide bonds. The summed E-state index contributed by atoms with van der Waals surface area (Å²) in [6.07, 6.45) is 0.0128. The first kappa shape index (κ1) is 23.7. The molecule has 1 N–H and O–H groups in total. The van der Waals surface area contributed by atoms with Crippen molar-refractivity contribution in [2.45, 2.75) is 24.8 Å². The third kappa shape index (κ3) is 6.28. The van der Waals surface area contributed by atoms with Crippen molar-refractivity contribution in [1.82, 2.24) is 4.31 Å². The van der Waals surface area contributed by atoms with Gasteiger partial charge in [-0.15, -0.1) is 0 Å². The van der Waals surface area contributed by atoms with E-state index in [0.717, 1.165) is 0 Å². The van der Waals surface area contributed by atoms with Crippen LogP contribution in [-0.4, -0.2) is 63.6 Å². The van der Waals surface area contributed by atoms with Crippen LogP contribution in [0.15, 0.2) is 53.4 Å².